The third-order valence-electron chi connectivity index (χ3n) is 19.3. The van der Waals surface area contributed by atoms with Crippen molar-refractivity contribution in [1.82, 2.24) is 42.1 Å². The van der Waals surface area contributed by atoms with Crippen LogP contribution in [0.15, 0.2) is 119 Å². The summed E-state index contributed by atoms with van der Waals surface area (Å²) in [4.78, 5) is 120. The van der Waals surface area contributed by atoms with E-state index in [1.807, 2.05) is 20.8 Å². The fourth-order valence-corrected chi connectivity index (χ4v) is 13.3. The molecule has 17 N–H and O–H groups in total. The lowest BCUT2D eigenvalue weighted by Gasteiger charge is -2.31. The average Bonchev–Trinajstić information content (AvgIpc) is 1.61. The Kier molecular flexibility index (Phi) is 33.5. The van der Waals surface area contributed by atoms with Crippen LogP contribution in [0, 0.1) is 11.8 Å². The van der Waals surface area contributed by atoms with Crippen LogP contribution < -0.4 is 65.1 Å². The molecule has 3 aromatic carbocycles. The van der Waals surface area contributed by atoms with Crippen LogP contribution in [-0.4, -0.2) is 194 Å². The Bertz CT molecular complexity index is 3620. The van der Waals surface area contributed by atoms with Crippen LogP contribution in [0.3, 0.4) is 0 Å². The molecule has 0 radical (unpaired) electrons. The van der Waals surface area contributed by atoms with Gasteiger partial charge in [0.25, 0.3) is 0 Å². The molecule has 3 heterocycles. The molecule has 3 aliphatic heterocycles. The molecule has 0 bridgehead atoms. The molecule has 1 fully saturated rings. The number of carboxylic acids is 1. The number of amides is 8. The summed E-state index contributed by atoms with van der Waals surface area (Å²) in [6.45, 7) is 19.1. The zero-order chi connectivity index (χ0) is 76.8. The van der Waals surface area contributed by atoms with E-state index < -0.39 is 83.7 Å². The number of hydrogen-bond acceptors (Lipinski definition) is 15. The number of para-hydroxylation sites is 2. The number of unbranched alkanes of at least 4 members (excludes halogenated alkanes) is 2. The van der Waals surface area contributed by atoms with Crippen molar-refractivity contribution in [3.63, 3.8) is 0 Å². The van der Waals surface area contributed by atoms with Gasteiger partial charge in [-0.3, -0.25) is 44.1 Å². The molecule has 0 saturated carbocycles. The number of anilines is 1. The van der Waals surface area contributed by atoms with Gasteiger partial charge in [0, 0.05) is 86.6 Å². The number of rotatable bonds is 42. The zero-order valence-corrected chi connectivity index (χ0v) is 62.7. The molecule has 0 spiro atoms. The number of ether oxygens (including phenoxy) is 2. The number of guanidine groups is 2. The van der Waals surface area contributed by atoms with Crippen LogP contribution in [0.5, 0.6) is 5.75 Å². The Morgan fingerprint density at radius 1 is 0.714 bits per heavy atom. The minimum absolute atomic E-state index is 0.0229. The lowest BCUT2D eigenvalue weighted by atomic mass is 9.81. The molecule has 28 heteroatoms. The number of benzene rings is 3. The van der Waals surface area contributed by atoms with Crippen molar-refractivity contribution in [2.24, 2.45) is 44.8 Å². The van der Waals surface area contributed by atoms with Crippen LogP contribution in [0.4, 0.5) is 16.2 Å². The normalized spacial score (nSPS) is 17.3. The molecule has 3 aliphatic rings. The van der Waals surface area contributed by atoms with Gasteiger partial charge in [-0.2, -0.15) is 4.58 Å². The average molecular weight is 1460 g/mol. The quantitative estimate of drug-likeness (QED) is 0.0116. The summed E-state index contributed by atoms with van der Waals surface area (Å²) < 4.78 is 13.5. The van der Waals surface area contributed by atoms with Gasteiger partial charge in [-0.15, -0.1) is 0 Å². The molecule has 7 atom stereocenters. The number of carbonyl (C=O) groups is 8. The number of aromatic hydroxyl groups is 1. The fraction of sp³-hybridized carbons (Fsp3) is 0.545. The number of nitrogens with two attached hydrogens (primary N) is 4. The molecule has 28 nitrogen and oxygen atoms in total. The summed E-state index contributed by atoms with van der Waals surface area (Å²) in [7, 11) is 2.13. The van der Waals surface area contributed by atoms with Crippen molar-refractivity contribution >= 4 is 76.4 Å². The number of carboxylic acid groups (broad SMARTS) is 1. The Hall–Kier alpha value is -9.67. The van der Waals surface area contributed by atoms with Gasteiger partial charge in [-0.05, 0) is 119 Å². The maximum absolute atomic E-state index is 14.5. The second kappa shape index (κ2) is 41.7. The molecular weight excluding hydrogens is 1340 g/mol. The second-order valence-corrected chi connectivity index (χ2v) is 28.5. The Morgan fingerprint density at radius 2 is 1.37 bits per heavy atom. The Balaban J connectivity index is 0.863. The first-order chi connectivity index (χ1) is 50.0. The van der Waals surface area contributed by atoms with Gasteiger partial charge in [0.1, 0.15) is 43.0 Å². The molecule has 1 saturated heterocycles. The zero-order valence-electron chi connectivity index (χ0n) is 62.7. The summed E-state index contributed by atoms with van der Waals surface area (Å²) in [5.41, 5.74) is 31.3. The lowest BCUT2D eigenvalue weighted by Crippen LogP contribution is -2.60. The number of phenols is 1. The molecule has 574 valence electrons. The van der Waals surface area contributed by atoms with Gasteiger partial charge < -0.3 is 84.3 Å². The van der Waals surface area contributed by atoms with Crippen molar-refractivity contribution in [2.75, 3.05) is 77.6 Å². The first kappa shape index (κ1) is 84.3. The standard InChI is InChI=1S/C77H114N16O12/c1-10-51(4)66(70(99)88-59(72(101)102)48-50(2)3)89-68(97)58(49-52-34-36-53(94)37-35-52)87-69(98)62-30-23-43-93(62)71(100)57(27-22-38-83-73(79)80)86-67(96)56(78)26-21-39-84-74(81)90-75(103)85-41-45-105-47-46-104-44-40-82-65(95)33-15-12-20-42-92-61-29-19-17-25-55(61)77(7,8)64(92)32-14-11-13-31-63-76(5,6)54-24-16-18-28-60(54)91(63)9/h11,13-14,16-19,24-25,28-29,31-32,34-37,50-51,56-59,62,66H,10,12,15,20-23,26-27,30,33,38-49,78H2,1-9H3,(H14-,79,80,81,82,83,84,85,86,87,88,89,90,94,95,96,97,98,99,101,102,103)/p+1/t51-,56-,57-,58-,59-,62-,66-/m0/s1. The summed E-state index contributed by atoms with van der Waals surface area (Å²) in [5.74, 6) is -5.49. The van der Waals surface area contributed by atoms with E-state index in [0.717, 1.165) is 25.8 Å². The van der Waals surface area contributed by atoms with Gasteiger partial charge >= 0.3 is 12.0 Å². The number of fused-ring (bicyclic) bond motifs is 2. The van der Waals surface area contributed by atoms with Crippen molar-refractivity contribution in [1.29, 1.82) is 0 Å². The first-order valence-corrected chi connectivity index (χ1v) is 36.8. The number of nitrogens with zero attached hydrogens (tertiary/aromatic N) is 5. The van der Waals surface area contributed by atoms with Crippen molar-refractivity contribution in [3.05, 3.63) is 126 Å². The number of aliphatic imine (C=N–C) groups is 2. The van der Waals surface area contributed by atoms with E-state index >= 15 is 0 Å². The molecule has 0 aliphatic carbocycles. The third kappa shape index (κ3) is 25.6. The summed E-state index contributed by atoms with van der Waals surface area (Å²) in [5, 5.41) is 38.7. The highest BCUT2D eigenvalue weighted by Gasteiger charge is 2.44. The Labute approximate surface area is 618 Å². The monoisotopic (exact) mass is 1460 g/mol. The fourth-order valence-electron chi connectivity index (χ4n) is 13.3. The molecule has 105 heavy (non-hydrogen) atoms. The number of aliphatic carboxylic acids is 1. The van der Waals surface area contributed by atoms with Crippen LogP contribution in [-0.2, 0) is 60.3 Å². The van der Waals surface area contributed by atoms with Gasteiger partial charge in [-0.1, -0.05) is 121 Å². The highest BCUT2D eigenvalue weighted by atomic mass is 16.5. The summed E-state index contributed by atoms with van der Waals surface area (Å²) in [6.07, 6.45) is 15.7. The number of likely N-dealkylation sites (tertiary alicyclic amines) is 1. The summed E-state index contributed by atoms with van der Waals surface area (Å²) >= 11 is 0. The van der Waals surface area contributed by atoms with E-state index in [1.54, 1.807) is 19.1 Å². The number of allylic oxidation sites excluding steroid dienone is 6. The van der Waals surface area contributed by atoms with Gasteiger partial charge in [0.05, 0.1) is 37.9 Å². The van der Waals surface area contributed by atoms with E-state index in [4.69, 9.17) is 32.4 Å². The molecule has 3 aromatic rings. The smallest absolute Gasteiger partial charge is 0.326 e. The van der Waals surface area contributed by atoms with E-state index in [0.29, 0.717) is 38.0 Å². The lowest BCUT2D eigenvalue weighted by molar-refractivity contribution is -0.401. The number of nitrogens with one attached hydrogen (secondary N) is 7. The first-order valence-electron chi connectivity index (χ1n) is 36.8. The minimum Gasteiger partial charge on any atom is -0.508 e. The van der Waals surface area contributed by atoms with Crippen LogP contribution in [0.25, 0.3) is 0 Å². The van der Waals surface area contributed by atoms with E-state index in [1.165, 1.54) is 50.9 Å². The molecular formula is C77H115N16O12+. The SMILES string of the molecule is CC[C@H](C)[C@H](NC(=O)[C@H](Cc1ccc(O)cc1)NC(=O)[C@@H]1CCCN1C(=O)[C@H](CCCN=C(N)N)NC(=O)[C@@H](N)CCCN=C(N)NC(=O)NCCOCCOCCNC(=O)CCCCCN1C(=CC=CC=CC2=[N+](C)c3ccccc3C2(C)C)C(C)(C)c2ccccc21)C(=O)N[C@@H](CC(C)C)C(=O)O. The maximum Gasteiger partial charge on any atom is 0.326 e. The van der Waals surface area contributed by atoms with Crippen molar-refractivity contribution in [2.45, 2.75) is 186 Å². The van der Waals surface area contributed by atoms with E-state index in [-0.39, 0.29) is 131 Å². The van der Waals surface area contributed by atoms with Crippen LogP contribution in [0.2, 0.25) is 0 Å². The predicted molar refractivity (Wildman–Crippen MR) is 408 cm³/mol. The number of urea groups is 1. The molecule has 0 aromatic heterocycles. The van der Waals surface area contributed by atoms with Gasteiger partial charge in [0.2, 0.25) is 41.1 Å². The van der Waals surface area contributed by atoms with Crippen molar-refractivity contribution < 1.29 is 62.6 Å². The molecule has 0 unspecified atom stereocenters. The third-order valence-corrected chi connectivity index (χ3v) is 19.3. The topological polar surface area (TPSA) is 418 Å². The largest absolute Gasteiger partial charge is 0.508 e. The van der Waals surface area contributed by atoms with Gasteiger partial charge in [-0.25, -0.2) is 9.59 Å². The summed E-state index contributed by atoms with van der Waals surface area (Å²) in [6, 6.07) is 15.5. The van der Waals surface area contributed by atoms with Gasteiger partial charge in [0.15, 0.2) is 17.6 Å². The number of phenolic OH excluding ortho intramolecular Hbond substituents is 1. The van der Waals surface area contributed by atoms with Crippen LogP contribution in [0.1, 0.15) is 149 Å². The highest BCUT2D eigenvalue weighted by Crippen LogP contribution is 2.48. The van der Waals surface area contributed by atoms with E-state index in [9.17, 15) is 48.6 Å². The van der Waals surface area contributed by atoms with Crippen LogP contribution >= 0.6 is 0 Å². The molecule has 6 rings (SSSR count). The molecule has 8 amide bonds. The predicted octanol–water partition coefficient (Wildman–Crippen LogP) is 5.03. The van der Waals surface area contributed by atoms with Crippen molar-refractivity contribution in [3.8, 4) is 5.75 Å². The minimum atomic E-state index is -1.30. The Morgan fingerprint density at radius 3 is 2.05 bits per heavy atom. The van der Waals surface area contributed by atoms with E-state index in [2.05, 4.69) is 170 Å². The number of carbonyl (C=O) groups excluding carboxylic acids is 7. The second-order valence-electron chi connectivity index (χ2n) is 28.5. The number of hydrogen-bond donors (Lipinski definition) is 13. The maximum atomic E-state index is 14.5. The highest BCUT2D eigenvalue weighted by molar-refractivity contribution is 6.03.